The van der Waals surface area contributed by atoms with Crippen LogP contribution in [0.4, 0.5) is 0 Å². The highest BCUT2D eigenvalue weighted by Crippen LogP contribution is 2.11. The van der Waals surface area contributed by atoms with Gasteiger partial charge in [-0.2, -0.15) is 0 Å². The van der Waals surface area contributed by atoms with Crippen LogP contribution in [-0.4, -0.2) is 73.8 Å². The third-order valence-corrected chi connectivity index (χ3v) is 8.04. The second-order valence-corrected chi connectivity index (χ2v) is 16.5. The molecule has 0 saturated carbocycles. The smallest absolute Gasteiger partial charge is 0.110 e. The zero-order valence-electron chi connectivity index (χ0n) is 16.9. The molecule has 0 aliphatic carbocycles. The van der Waals surface area contributed by atoms with Crippen LogP contribution in [-0.2, 0) is 15.6 Å². The Hall–Kier alpha value is 0.447. The fourth-order valence-corrected chi connectivity index (χ4v) is 7.18. The minimum absolute atomic E-state index is 0.383. The van der Waals surface area contributed by atoms with E-state index in [0.29, 0.717) is 36.1 Å². The normalized spacial score (nSPS) is 15.7. The van der Waals surface area contributed by atoms with E-state index in [1.54, 1.807) is 0 Å². The molecule has 0 aliphatic rings. The second kappa shape index (κ2) is 11.9. The van der Waals surface area contributed by atoms with E-state index in [9.17, 15) is 5.11 Å². The van der Waals surface area contributed by atoms with Gasteiger partial charge in [0.25, 0.3) is 0 Å². The van der Waals surface area contributed by atoms with Crippen molar-refractivity contribution < 1.29 is 9.84 Å². The lowest BCUT2D eigenvalue weighted by atomic mass is 10.2. The highest BCUT2D eigenvalue weighted by Gasteiger charge is 2.20. The van der Waals surface area contributed by atoms with Gasteiger partial charge in [0.1, 0.15) is 11.5 Å². The van der Waals surface area contributed by atoms with Crippen LogP contribution in [0, 0.1) is 0 Å². The number of hydrogen-bond acceptors (Lipinski definition) is 3. The van der Waals surface area contributed by atoms with Crippen molar-refractivity contribution in [2.75, 3.05) is 37.5 Å². The number of aliphatic hydroxyl groups excluding tert-OH is 1. The van der Waals surface area contributed by atoms with Gasteiger partial charge in [-0.3, -0.25) is 4.90 Å². The van der Waals surface area contributed by atoms with E-state index in [-0.39, 0.29) is 6.10 Å². The van der Waals surface area contributed by atoms with Gasteiger partial charge in [-0.05, 0) is 44.6 Å². The third-order valence-electron chi connectivity index (χ3n) is 4.04. The van der Waals surface area contributed by atoms with E-state index in [2.05, 4.69) is 58.5 Å². The van der Waals surface area contributed by atoms with Gasteiger partial charge in [-0.25, -0.2) is 0 Å². The summed E-state index contributed by atoms with van der Waals surface area (Å²) in [6.45, 7) is 18.0. The molecule has 1 N–H and O–H groups in total. The highest BCUT2D eigenvalue weighted by atomic mass is 32.2. The molecule has 2 unspecified atom stereocenters. The summed E-state index contributed by atoms with van der Waals surface area (Å²) in [6, 6.07) is 2.35. The Morgan fingerprint density at radius 2 is 1.61 bits per heavy atom. The van der Waals surface area contributed by atoms with Gasteiger partial charge in [-0.15, -0.1) is 0 Å². The Labute approximate surface area is 149 Å². The Balaban J connectivity index is 3.75. The average molecular weight is 365 g/mol. The van der Waals surface area contributed by atoms with Crippen LogP contribution in [0.1, 0.15) is 34.1 Å². The molecule has 3 nitrogen and oxygen atoms in total. The molecule has 0 bridgehead atoms. The van der Waals surface area contributed by atoms with Gasteiger partial charge in [0, 0.05) is 33.1 Å². The lowest BCUT2D eigenvalue weighted by Crippen LogP contribution is -2.43. The van der Waals surface area contributed by atoms with Crippen LogP contribution in [0.3, 0.4) is 0 Å². The molecule has 2 atom stereocenters. The molecule has 0 saturated heterocycles. The maximum absolute atomic E-state index is 10.1. The van der Waals surface area contributed by atoms with Crippen LogP contribution in [0.2, 0.25) is 25.7 Å². The number of rotatable bonds is 13. The van der Waals surface area contributed by atoms with Gasteiger partial charge in [0.05, 0.1) is 25.6 Å². The lowest BCUT2D eigenvalue weighted by Gasteiger charge is -2.32. The summed E-state index contributed by atoms with van der Waals surface area (Å²) in [6.07, 6.45) is 3.13. The van der Waals surface area contributed by atoms with Crippen molar-refractivity contribution in [2.24, 2.45) is 0 Å². The predicted octanol–water partition coefficient (Wildman–Crippen LogP) is 3.46. The molecule has 0 aromatic carbocycles. The summed E-state index contributed by atoms with van der Waals surface area (Å²) in [7, 11) is -0.354. The molecule has 0 aromatic rings. The first-order valence-corrected chi connectivity index (χ1v) is 14.8. The molecule has 0 aliphatic heterocycles. The van der Waals surface area contributed by atoms with Crippen molar-refractivity contribution in [3.8, 4) is 0 Å². The topological polar surface area (TPSA) is 32.7 Å². The van der Waals surface area contributed by atoms with Crippen LogP contribution in [0.5, 0.6) is 0 Å². The third kappa shape index (κ3) is 13.4. The first kappa shape index (κ1) is 23.4. The molecule has 0 rings (SSSR count). The van der Waals surface area contributed by atoms with Gasteiger partial charge < -0.3 is 9.84 Å². The Kier molecular flexibility index (Phi) is 12.1. The van der Waals surface area contributed by atoms with E-state index in [4.69, 9.17) is 4.74 Å². The van der Waals surface area contributed by atoms with E-state index in [1.807, 2.05) is 0 Å². The van der Waals surface area contributed by atoms with Crippen LogP contribution < -0.4 is 0 Å². The fourth-order valence-electron chi connectivity index (χ4n) is 2.52. The largest absolute Gasteiger partial charge is 0.389 e. The molecule has 0 spiro atoms. The number of ether oxygens (including phenoxy) is 1. The van der Waals surface area contributed by atoms with E-state index in [0.717, 1.165) is 13.0 Å². The summed E-state index contributed by atoms with van der Waals surface area (Å²) in [4.78, 5) is 2.31. The van der Waals surface area contributed by atoms with Crippen LogP contribution in [0.15, 0.2) is 0 Å². The Bertz CT molecular complexity index is 287. The van der Waals surface area contributed by atoms with Crippen LogP contribution >= 0.6 is 0 Å². The molecule has 23 heavy (non-hydrogen) atoms. The van der Waals surface area contributed by atoms with E-state index >= 15 is 0 Å². The van der Waals surface area contributed by atoms with Gasteiger partial charge in [-0.1, -0.05) is 19.6 Å². The fraction of sp³-hybridized carbons (Fsp3) is 1.00. The standard InChI is InChI=1S/C18H42NO2SSi/c1-16(2)19(17(3)4)14-18(20)15-21-10-9-11-22(5)12-13-23(6,7)8/h16-18,20H,9-15H2,1-8H3/q+1. The molecule has 0 heterocycles. The van der Waals surface area contributed by atoms with Gasteiger partial charge in [0.2, 0.25) is 0 Å². The SMILES string of the molecule is CC(C)N(CC(O)COCCC[S+](C)CC[Si](C)(C)C)C(C)C. The summed E-state index contributed by atoms with van der Waals surface area (Å²) in [5, 5.41) is 10.1. The van der Waals surface area contributed by atoms with Gasteiger partial charge in [0.15, 0.2) is 0 Å². The Morgan fingerprint density at radius 1 is 1.04 bits per heavy atom. The molecule has 0 fully saturated rings. The summed E-state index contributed by atoms with van der Waals surface area (Å²) >= 11 is 0. The van der Waals surface area contributed by atoms with Crippen molar-refractivity contribution in [1.82, 2.24) is 4.90 Å². The van der Waals surface area contributed by atoms with Gasteiger partial charge >= 0.3 is 0 Å². The quantitative estimate of drug-likeness (QED) is 0.309. The zero-order valence-corrected chi connectivity index (χ0v) is 18.7. The monoisotopic (exact) mass is 364 g/mol. The number of aliphatic hydroxyl groups is 1. The molecule has 0 radical (unpaired) electrons. The van der Waals surface area contributed by atoms with Crippen molar-refractivity contribution in [1.29, 1.82) is 0 Å². The predicted molar refractivity (Wildman–Crippen MR) is 110 cm³/mol. The first-order valence-electron chi connectivity index (χ1n) is 9.13. The van der Waals surface area contributed by atoms with Crippen molar-refractivity contribution in [3.63, 3.8) is 0 Å². The summed E-state index contributed by atoms with van der Waals surface area (Å²) in [5.74, 6) is 2.65. The van der Waals surface area contributed by atoms with Crippen molar-refractivity contribution in [3.05, 3.63) is 0 Å². The lowest BCUT2D eigenvalue weighted by molar-refractivity contribution is 0.00453. The zero-order chi connectivity index (χ0) is 18.0. The summed E-state index contributed by atoms with van der Waals surface area (Å²) < 4.78 is 5.69. The average Bonchev–Trinajstić information content (AvgIpc) is 2.40. The first-order chi connectivity index (χ1) is 10.5. The van der Waals surface area contributed by atoms with Crippen LogP contribution in [0.25, 0.3) is 0 Å². The molecule has 0 amide bonds. The number of hydrogen-bond donors (Lipinski definition) is 1. The highest BCUT2D eigenvalue weighted by molar-refractivity contribution is 7.96. The van der Waals surface area contributed by atoms with E-state index < -0.39 is 8.07 Å². The number of nitrogens with zero attached hydrogens (tertiary/aromatic N) is 1. The molecular weight excluding hydrogens is 322 g/mol. The molecule has 0 aromatic heterocycles. The maximum atomic E-state index is 10.1. The molecule has 140 valence electrons. The van der Waals surface area contributed by atoms with Crippen molar-refractivity contribution >= 4 is 19.0 Å². The maximum Gasteiger partial charge on any atom is 0.110 e. The van der Waals surface area contributed by atoms with Crippen molar-refractivity contribution in [2.45, 2.75) is 78.0 Å². The second-order valence-electron chi connectivity index (χ2n) is 8.47. The minimum atomic E-state index is -0.886. The minimum Gasteiger partial charge on any atom is -0.389 e. The molecule has 5 heteroatoms. The molecular formula is C18H42NO2SSi+. The summed E-state index contributed by atoms with van der Waals surface area (Å²) in [5.41, 5.74) is 0. The van der Waals surface area contributed by atoms with E-state index in [1.165, 1.54) is 17.5 Å². The Morgan fingerprint density at radius 3 is 2.09 bits per heavy atom.